The molecule has 0 saturated heterocycles. The summed E-state index contributed by atoms with van der Waals surface area (Å²) in [4.78, 5) is 8.36. The maximum atomic E-state index is 8.50. The molecule has 0 aromatic rings. The Bertz CT molecular complexity index is 59.9. The van der Waals surface area contributed by atoms with Gasteiger partial charge in [-0.3, -0.25) is 4.79 Å². The first-order valence-electron chi connectivity index (χ1n) is 2.57. The van der Waals surface area contributed by atoms with Gasteiger partial charge in [-0.25, -0.2) is 0 Å². The Hall–Kier alpha value is -0.650. The van der Waals surface area contributed by atoms with Crippen molar-refractivity contribution in [1.82, 2.24) is 6.15 Å². The summed E-state index contributed by atoms with van der Waals surface area (Å²) >= 11 is 0. The van der Waals surface area contributed by atoms with Crippen LogP contribution in [0.15, 0.2) is 0 Å². The third-order valence-corrected chi connectivity index (χ3v) is 0.761. The Morgan fingerprint density at radius 1 is 1.50 bits per heavy atom. The maximum absolute atomic E-state index is 8.50. The summed E-state index contributed by atoms with van der Waals surface area (Å²) in [6.45, 7) is 3.19. The van der Waals surface area contributed by atoms with Crippen LogP contribution in [0.2, 0.25) is 0 Å². The minimum absolute atomic E-state index is 0. The Morgan fingerprint density at radius 3 is 1.60 bits per heavy atom. The average Bonchev–Trinajstić information content (AvgIpc) is 1.68. The van der Waals surface area contributed by atoms with E-state index in [1.54, 1.807) is 13.8 Å². The lowest BCUT2D eigenvalue weighted by atomic mass is 10.2. The van der Waals surface area contributed by atoms with Gasteiger partial charge in [0.1, 0.15) is 0 Å². The van der Waals surface area contributed by atoms with Crippen molar-refractivity contribution < 1.29 is 15.0 Å². The van der Waals surface area contributed by atoms with Crippen LogP contribution in [0.3, 0.4) is 0 Å². The molecule has 0 saturated carbocycles. The molecule has 2 atom stereocenters. The first kappa shape index (κ1) is 16.2. The number of hydrogen-bond donors (Lipinski definition) is 4. The second kappa shape index (κ2) is 11.2. The van der Waals surface area contributed by atoms with E-state index in [9.17, 15) is 0 Å². The molecule has 0 amide bonds. The normalized spacial score (nSPS) is 13.2. The second-order valence-electron chi connectivity index (χ2n) is 1.71. The van der Waals surface area contributed by atoms with Crippen molar-refractivity contribution in [2.75, 3.05) is 0 Å². The Labute approximate surface area is 60.4 Å². The molecule has 0 aromatic heterocycles. The highest BCUT2D eigenvalue weighted by Crippen LogP contribution is 1.81. The largest absolute Gasteiger partial charge is 0.483 e. The third kappa shape index (κ3) is 26.4. The zero-order valence-electron chi connectivity index (χ0n) is 6.32. The molecule has 0 heterocycles. The Morgan fingerprint density at radius 2 is 1.60 bits per heavy atom. The number of carboxylic acid groups (broad SMARTS) is 1. The molecule has 5 heteroatoms. The average molecular weight is 152 g/mol. The second-order valence-corrected chi connectivity index (χ2v) is 1.71. The molecule has 5 nitrogen and oxygen atoms in total. The van der Waals surface area contributed by atoms with Crippen molar-refractivity contribution in [2.45, 2.75) is 26.0 Å². The molecule has 0 rings (SSSR count). The predicted octanol–water partition coefficient (Wildman–Crippen LogP) is -0.423. The van der Waals surface area contributed by atoms with Crippen LogP contribution in [-0.2, 0) is 4.79 Å². The van der Waals surface area contributed by atoms with Gasteiger partial charge in [-0.15, -0.1) is 0 Å². The van der Waals surface area contributed by atoms with Gasteiger partial charge >= 0.3 is 0 Å². The van der Waals surface area contributed by atoms with Crippen molar-refractivity contribution in [1.29, 1.82) is 0 Å². The van der Waals surface area contributed by atoms with Gasteiger partial charge in [0.05, 0.1) is 6.10 Å². The SMILES string of the molecule is CC(N)C(C)O.N.O=CO. The van der Waals surface area contributed by atoms with Crippen LogP contribution in [0.4, 0.5) is 0 Å². The van der Waals surface area contributed by atoms with Crippen molar-refractivity contribution in [3.05, 3.63) is 0 Å². The molecular weight excluding hydrogens is 136 g/mol. The molecule has 7 N–H and O–H groups in total. The van der Waals surface area contributed by atoms with E-state index in [-0.39, 0.29) is 24.8 Å². The minimum atomic E-state index is -0.370. The monoisotopic (exact) mass is 152 g/mol. The lowest BCUT2D eigenvalue weighted by molar-refractivity contribution is -0.122. The third-order valence-electron chi connectivity index (χ3n) is 0.761. The van der Waals surface area contributed by atoms with Gasteiger partial charge in [0, 0.05) is 6.04 Å². The molecule has 0 fully saturated rings. The summed E-state index contributed by atoms with van der Waals surface area (Å²) in [7, 11) is 0. The van der Waals surface area contributed by atoms with Crippen LogP contribution in [0, 0.1) is 0 Å². The number of aliphatic hydroxyl groups excluding tert-OH is 1. The van der Waals surface area contributed by atoms with Gasteiger partial charge in [0.25, 0.3) is 6.47 Å². The summed E-state index contributed by atoms with van der Waals surface area (Å²) in [6, 6.07) is -0.0926. The lowest BCUT2D eigenvalue weighted by Gasteiger charge is -2.04. The van der Waals surface area contributed by atoms with Gasteiger partial charge in [-0.2, -0.15) is 0 Å². The minimum Gasteiger partial charge on any atom is -0.483 e. The molecule has 64 valence electrons. The van der Waals surface area contributed by atoms with E-state index in [0.29, 0.717) is 0 Å². The van der Waals surface area contributed by atoms with Gasteiger partial charge in [0.2, 0.25) is 0 Å². The molecule has 0 bridgehead atoms. The topological polar surface area (TPSA) is 119 Å². The van der Waals surface area contributed by atoms with Gasteiger partial charge < -0.3 is 22.1 Å². The Balaban J connectivity index is -0.000000107. The molecule has 0 aliphatic rings. The van der Waals surface area contributed by atoms with Crippen LogP contribution >= 0.6 is 0 Å². The Kier molecular flexibility index (Phi) is 18.1. The van der Waals surface area contributed by atoms with Crippen molar-refractivity contribution in [2.24, 2.45) is 5.73 Å². The molecular formula is C5H16N2O3. The van der Waals surface area contributed by atoms with E-state index in [1.807, 2.05) is 0 Å². The number of carbonyl (C=O) groups is 1. The first-order chi connectivity index (χ1) is 4.06. The molecule has 0 radical (unpaired) electrons. The van der Waals surface area contributed by atoms with Crippen molar-refractivity contribution in [3.63, 3.8) is 0 Å². The zero-order chi connectivity index (χ0) is 7.86. The summed E-state index contributed by atoms with van der Waals surface area (Å²) in [5, 5.41) is 15.4. The van der Waals surface area contributed by atoms with Crippen LogP contribution < -0.4 is 11.9 Å². The first-order valence-corrected chi connectivity index (χ1v) is 2.57. The fraction of sp³-hybridized carbons (Fsp3) is 0.800. The van der Waals surface area contributed by atoms with Crippen molar-refractivity contribution >= 4 is 6.47 Å². The van der Waals surface area contributed by atoms with Crippen LogP contribution in [0.1, 0.15) is 13.8 Å². The highest BCUT2D eigenvalue weighted by atomic mass is 16.3. The van der Waals surface area contributed by atoms with Crippen LogP contribution in [0.25, 0.3) is 0 Å². The van der Waals surface area contributed by atoms with Crippen LogP contribution in [-0.4, -0.2) is 28.8 Å². The summed E-state index contributed by atoms with van der Waals surface area (Å²) in [5.74, 6) is 0. The quantitative estimate of drug-likeness (QED) is 0.380. The highest BCUT2D eigenvalue weighted by molar-refractivity contribution is 5.32. The molecule has 0 aliphatic carbocycles. The fourth-order valence-corrected chi connectivity index (χ4v) is 0. The smallest absolute Gasteiger partial charge is 0.290 e. The van der Waals surface area contributed by atoms with Gasteiger partial charge in [-0.1, -0.05) is 0 Å². The van der Waals surface area contributed by atoms with Gasteiger partial charge in [-0.05, 0) is 13.8 Å². The van der Waals surface area contributed by atoms with E-state index < -0.39 is 0 Å². The molecule has 10 heavy (non-hydrogen) atoms. The molecule has 2 unspecified atom stereocenters. The van der Waals surface area contributed by atoms with E-state index in [4.69, 9.17) is 20.7 Å². The maximum Gasteiger partial charge on any atom is 0.290 e. The van der Waals surface area contributed by atoms with E-state index in [0.717, 1.165) is 0 Å². The predicted molar refractivity (Wildman–Crippen MR) is 39.0 cm³/mol. The van der Waals surface area contributed by atoms with E-state index in [2.05, 4.69) is 0 Å². The number of rotatable bonds is 1. The summed E-state index contributed by atoms with van der Waals surface area (Å²) in [6.07, 6.45) is -0.370. The number of nitrogens with two attached hydrogens (primary N) is 1. The fourth-order valence-electron chi connectivity index (χ4n) is 0. The lowest BCUT2D eigenvalue weighted by Crippen LogP contribution is -2.28. The molecule has 0 aromatic carbocycles. The number of hydrogen-bond acceptors (Lipinski definition) is 4. The zero-order valence-corrected chi connectivity index (χ0v) is 6.32. The van der Waals surface area contributed by atoms with E-state index in [1.165, 1.54) is 0 Å². The van der Waals surface area contributed by atoms with Gasteiger partial charge in [0.15, 0.2) is 0 Å². The highest BCUT2D eigenvalue weighted by Gasteiger charge is 1.97. The van der Waals surface area contributed by atoms with Crippen LogP contribution in [0.5, 0.6) is 0 Å². The van der Waals surface area contributed by atoms with Crippen molar-refractivity contribution in [3.8, 4) is 0 Å². The molecule has 0 aliphatic heterocycles. The molecule has 0 spiro atoms. The van der Waals surface area contributed by atoms with E-state index >= 15 is 0 Å². The number of aliphatic hydroxyl groups is 1. The summed E-state index contributed by atoms with van der Waals surface area (Å²) in [5.41, 5.74) is 5.19. The standard InChI is InChI=1S/C4H11NO.CH2O2.H3N/c1-3(5)4(2)6;2-1-3;/h3-4,6H,5H2,1-2H3;1H,(H,2,3);1H3. The summed E-state index contributed by atoms with van der Waals surface area (Å²) < 4.78 is 0.